The highest BCUT2D eigenvalue weighted by molar-refractivity contribution is 6.36. The third-order valence-corrected chi connectivity index (χ3v) is 15.2. The number of anilines is 2. The molecule has 0 radical (unpaired) electrons. The maximum atomic E-state index is 10.5. The van der Waals surface area contributed by atoms with E-state index in [2.05, 4.69) is 113 Å². The first kappa shape index (κ1) is 59.6. The van der Waals surface area contributed by atoms with Gasteiger partial charge in [0.2, 0.25) is 0 Å². The Morgan fingerprint density at radius 2 is 1.20 bits per heavy atom. The molecule has 424 valence electrons. The van der Waals surface area contributed by atoms with Crippen LogP contribution in [0.2, 0.25) is 10.0 Å². The van der Waals surface area contributed by atoms with E-state index in [0.29, 0.717) is 57.3 Å². The number of pyridine rings is 4. The summed E-state index contributed by atoms with van der Waals surface area (Å²) >= 11 is 13.5. The van der Waals surface area contributed by atoms with Crippen molar-refractivity contribution < 1.29 is 19.7 Å². The number of aliphatic hydroxyl groups is 2. The first-order chi connectivity index (χ1) is 40.9. The Hall–Kier alpha value is -8.99. The number of halogens is 2. The molecule has 0 amide bonds. The summed E-state index contributed by atoms with van der Waals surface area (Å²) in [5, 5.41) is 61.3. The number of aromatic nitrogens is 7. The fourth-order valence-electron chi connectivity index (χ4n) is 10.1. The number of nitriles is 2. The second-order valence-electron chi connectivity index (χ2n) is 20.7. The molecule has 4 atom stereocenters. The topological polar surface area (TPSA) is 262 Å². The van der Waals surface area contributed by atoms with Crippen molar-refractivity contribution in [2.75, 3.05) is 43.6 Å². The number of rotatable bonds is 19. The number of nitrogens with one attached hydrogen (secondary N) is 2. The van der Waals surface area contributed by atoms with Gasteiger partial charge in [-0.05, 0) is 101 Å². The van der Waals surface area contributed by atoms with Crippen LogP contribution in [0.5, 0.6) is 0 Å². The van der Waals surface area contributed by atoms with Gasteiger partial charge in [0.05, 0.1) is 107 Å². The number of terminal acetylenes is 1. The summed E-state index contributed by atoms with van der Waals surface area (Å²) in [4.78, 5) is 20.1. The fraction of sp³-hybridized carbons (Fsp3) is 0.281. The van der Waals surface area contributed by atoms with Crippen LogP contribution in [0, 0.1) is 35.0 Å². The number of azide groups is 1. The van der Waals surface area contributed by atoms with Crippen molar-refractivity contribution in [2.45, 2.75) is 81.2 Å². The van der Waals surface area contributed by atoms with Gasteiger partial charge in [-0.1, -0.05) is 126 Å². The summed E-state index contributed by atoms with van der Waals surface area (Å²) in [6.07, 6.45) is 20.8. The zero-order chi connectivity index (χ0) is 59.1. The molecule has 0 aliphatic carbocycles. The second-order valence-corrected chi connectivity index (χ2v) is 21.5. The summed E-state index contributed by atoms with van der Waals surface area (Å²) in [5.41, 5.74) is 16.6. The average Bonchev–Trinajstić information content (AvgIpc) is 2.25. The first-order valence-electron chi connectivity index (χ1n) is 27.3. The molecule has 0 unspecified atom stereocenters. The molecule has 2 aliphatic rings. The monoisotopic (exact) mass is 1160 g/mol. The molecule has 84 heavy (non-hydrogen) atoms. The van der Waals surface area contributed by atoms with Crippen LogP contribution in [-0.2, 0) is 28.9 Å². The van der Waals surface area contributed by atoms with Gasteiger partial charge in [-0.3, -0.25) is 19.9 Å². The minimum atomic E-state index is -0.925. The zero-order valence-corrected chi connectivity index (χ0v) is 47.7. The van der Waals surface area contributed by atoms with Crippen LogP contribution in [0.4, 0.5) is 11.4 Å². The van der Waals surface area contributed by atoms with E-state index < -0.39 is 11.2 Å². The molecule has 7 heterocycles. The summed E-state index contributed by atoms with van der Waals surface area (Å²) in [7, 11) is 0. The van der Waals surface area contributed by atoms with Gasteiger partial charge in [0.15, 0.2) is 0 Å². The maximum Gasteiger partial charge on any atom is 0.131 e. The van der Waals surface area contributed by atoms with Crippen molar-refractivity contribution in [3.05, 3.63) is 223 Å². The van der Waals surface area contributed by atoms with Crippen molar-refractivity contribution >= 4 is 56.4 Å². The minimum absolute atomic E-state index is 0.000368. The highest BCUT2D eigenvalue weighted by Gasteiger charge is 2.37. The molecule has 18 nitrogen and oxygen atoms in total. The Morgan fingerprint density at radius 3 is 1.64 bits per heavy atom. The summed E-state index contributed by atoms with van der Waals surface area (Å²) in [5.74, 6) is 2.56. The van der Waals surface area contributed by atoms with Gasteiger partial charge < -0.3 is 30.3 Å². The Morgan fingerprint density at radius 1 is 0.702 bits per heavy atom. The molecule has 5 aromatic heterocycles. The number of fused-ring (bicyclic) bond motifs is 2. The second kappa shape index (κ2) is 27.9. The highest BCUT2D eigenvalue weighted by atomic mass is 35.5. The summed E-state index contributed by atoms with van der Waals surface area (Å²) in [6, 6.07) is 40.7. The van der Waals surface area contributed by atoms with Crippen molar-refractivity contribution in [3.63, 3.8) is 0 Å². The van der Waals surface area contributed by atoms with Crippen LogP contribution in [0.3, 0.4) is 0 Å². The number of nitrogens with zero attached hydrogens (tertiary/aromatic N) is 12. The van der Waals surface area contributed by atoms with Crippen LogP contribution in [0.25, 0.3) is 32.2 Å². The Balaban J connectivity index is 0.000000179. The smallest absolute Gasteiger partial charge is 0.131 e. The van der Waals surface area contributed by atoms with E-state index in [1.54, 1.807) is 35.7 Å². The molecular weight excluding hydrogens is 1100 g/mol. The fourth-order valence-corrected chi connectivity index (χ4v) is 10.7. The molecule has 20 heteroatoms. The Kier molecular flexibility index (Phi) is 19.8. The normalized spacial score (nSPS) is 15.0. The lowest BCUT2D eigenvalue weighted by molar-refractivity contribution is -0.186. The SMILES string of the molecule is C#C[C@@H](Cc1cc(Cl)c2ncc(C#N)c(N[C@H](CC)c3ccccc3)c2c1)c1cccnc1.CC[C@@H](Nc1c(C#N)cnc2c(Cl)cc(C[C@@H](c3cccnc3)c3cn(CC4(O)COC4)nn3)cc12)c1ccccc1.[N-]=[N+]=NCC1(O)COC1. The van der Waals surface area contributed by atoms with Crippen LogP contribution in [0.15, 0.2) is 158 Å². The molecule has 2 fully saturated rings. The van der Waals surface area contributed by atoms with Gasteiger partial charge in [0.1, 0.15) is 23.3 Å². The van der Waals surface area contributed by atoms with Crippen LogP contribution < -0.4 is 10.6 Å². The van der Waals surface area contributed by atoms with Crippen molar-refractivity contribution in [1.29, 1.82) is 10.5 Å². The number of ether oxygens (including phenoxy) is 2. The van der Waals surface area contributed by atoms with Gasteiger partial charge in [-0.15, -0.1) is 11.5 Å². The van der Waals surface area contributed by atoms with Gasteiger partial charge in [0.25, 0.3) is 0 Å². The lowest BCUT2D eigenvalue weighted by atomic mass is 9.89. The van der Waals surface area contributed by atoms with Crippen LogP contribution in [0.1, 0.15) is 101 Å². The Labute approximate surface area is 496 Å². The molecule has 0 spiro atoms. The molecule has 4 N–H and O–H groups in total. The van der Waals surface area contributed by atoms with Crippen LogP contribution in [-0.4, -0.2) is 89.3 Å². The highest BCUT2D eigenvalue weighted by Crippen LogP contribution is 2.39. The van der Waals surface area contributed by atoms with Gasteiger partial charge in [-0.25, -0.2) is 4.68 Å². The number of benzene rings is 4. The third kappa shape index (κ3) is 14.4. The lowest BCUT2D eigenvalue weighted by Gasteiger charge is -2.35. The third-order valence-electron chi connectivity index (χ3n) is 14.6. The van der Waals surface area contributed by atoms with Gasteiger partial charge in [0, 0.05) is 65.0 Å². The predicted octanol–water partition coefficient (Wildman–Crippen LogP) is 12.2. The van der Waals surface area contributed by atoms with E-state index in [4.69, 9.17) is 49.7 Å². The predicted molar refractivity (Wildman–Crippen MR) is 324 cm³/mol. The van der Waals surface area contributed by atoms with E-state index >= 15 is 0 Å². The van der Waals surface area contributed by atoms with Crippen molar-refractivity contribution in [2.24, 2.45) is 5.11 Å². The summed E-state index contributed by atoms with van der Waals surface area (Å²) < 4.78 is 11.5. The Bertz CT molecular complexity index is 3880. The van der Waals surface area contributed by atoms with E-state index in [1.807, 2.05) is 91.3 Å². The van der Waals surface area contributed by atoms with E-state index in [-0.39, 0.29) is 56.9 Å². The van der Waals surface area contributed by atoms with E-state index in [1.165, 1.54) is 0 Å². The van der Waals surface area contributed by atoms with E-state index in [9.17, 15) is 15.6 Å². The molecule has 2 saturated heterocycles. The van der Waals surface area contributed by atoms with Gasteiger partial charge >= 0.3 is 0 Å². The molecule has 9 aromatic rings. The minimum Gasteiger partial charge on any atom is -0.385 e. The standard InChI is InChI=1S/C32H30ClN7O2.C28H23ClN4.C4H7N3O2/c1-2-28(22-7-4-3-5-8-22)37-30-24(14-34)16-36-31-26(30)12-21(13-27(31)33)11-25(23-9-6-10-35-15-23)29-17-40(39-38-29)18-32(41)19-42-20-32;1-3-20(22-11-8-12-31-17-22)13-19-14-24-27(23(16-30)18-32-28(24)25(29)15-19)33-26(4-2)21-9-6-5-7-10-21;5-7-6-1-4(8)2-9-3-4/h3-10,12-13,15-17,25,28,41H,2,11,18-20H2,1H3,(H,36,37);1,5-12,14-15,17-18,20,26H,4,13H2,2H3,(H,32,33);8H,1-3H2/t25-,28+;20-,26+;/m00./s1. The average molecular weight is 1160 g/mol. The molecule has 11 rings (SSSR count). The van der Waals surface area contributed by atoms with E-state index in [0.717, 1.165) is 68.4 Å². The van der Waals surface area contributed by atoms with Crippen molar-refractivity contribution in [1.82, 2.24) is 34.9 Å². The molecule has 0 bridgehead atoms. The molecule has 2 aliphatic heterocycles. The molecular formula is C64H60Cl2N14O4. The molecule has 0 saturated carbocycles. The number of hydrogen-bond donors (Lipinski definition) is 4. The number of hydrogen-bond acceptors (Lipinski definition) is 15. The lowest BCUT2D eigenvalue weighted by Crippen LogP contribution is -2.52. The first-order valence-corrected chi connectivity index (χ1v) is 28.1. The van der Waals surface area contributed by atoms with Gasteiger partial charge in [-0.2, -0.15) is 10.5 Å². The quantitative estimate of drug-likeness (QED) is 0.0254. The largest absolute Gasteiger partial charge is 0.385 e. The zero-order valence-electron chi connectivity index (χ0n) is 46.2. The maximum absolute atomic E-state index is 10.5. The summed E-state index contributed by atoms with van der Waals surface area (Å²) in [6.45, 7) is 5.77. The van der Waals surface area contributed by atoms with Crippen LogP contribution >= 0.6 is 23.2 Å². The van der Waals surface area contributed by atoms with Crippen molar-refractivity contribution in [3.8, 4) is 24.5 Å². The molecule has 4 aromatic carbocycles.